The fraction of sp³-hybridized carbons (Fsp3) is 0.400. The predicted octanol–water partition coefficient (Wildman–Crippen LogP) is 4.26. The summed E-state index contributed by atoms with van der Waals surface area (Å²) in [6, 6.07) is 16.0. The summed E-state index contributed by atoms with van der Waals surface area (Å²) in [6.45, 7) is 6.86. The number of nitrogens with one attached hydrogen (secondary N) is 1. The number of benzene rings is 2. The first-order valence-corrected chi connectivity index (χ1v) is 11.1. The third-order valence-electron chi connectivity index (χ3n) is 5.84. The molecule has 0 bridgehead atoms. The Bertz CT molecular complexity index is 1040. The van der Waals surface area contributed by atoms with Gasteiger partial charge < -0.3 is 15.0 Å². The fourth-order valence-corrected chi connectivity index (χ4v) is 3.96. The van der Waals surface area contributed by atoms with Crippen LogP contribution in [0.1, 0.15) is 37.3 Å². The van der Waals surface area contributed by atoms with Crippen LogP contribution in [0.5, 0.6) is 5.88 Å². The Labute approximate surface area is 183 Å². The molecular weight excluding hydrogens is 388 g/mol. The number of aromatic nitrogens is 2. The molecule has 0 aliphatic carbocycles. The first kappa shape index (κ1) is 21.1. The highest BCUT2D eigenvalue weighted by Gasteiger charge is 2.27. The van der Waals surface area contributed by atoms with Crippen LogP contribution in [0.4, 0.5) is 5.82 Å². The van der Waals surface area contributed by atoms with E-state index < -0.39 is 0 Å². The lowest BCUT2D eigenvalue weighted by Crippen LogP contribution is -2.41. The maximum atomic E-state index is 12.7. The summed E-state index contributed by atoms with van der Waals surface area (Å²) >= 11 is 0. The van der Waals surface area contributed by atoms with Crippen molar-refractivity contribution in [1.29, 1.82) is 0 Å². The molecule has 2 heterocycles. The molecule has 1 aliphatic rings. The Balaban J connectivity index is 1.41. The van der Waals surface area contributed by atoms with E-state index in [0.717, 1.165) is 54.8 Å². The van der Waals surface area contributed by atoms with Crippen LogP contribution in [0.15, 0.2) is 48.5 Å². The van der Waals surface area contributed by atoms with Crippen molar-refractivity contribution in [2.75, 3.05) is 24.6 Å². The van der Waals surface area contributed by atoms with Crippen molar-refractivity contribution in [3.05, 3.63) is 59.7 Å². The van der Waals surface area contributed by atoms with Gasteiger partial charge in [0.15, 0.2) is 5.82 Å². The van der Waals surface area contributed by atoms with Crippen LogP contribution in [-0.4, -0.2) is 35.6 Å². The molecule has 1 fully saturated rings. The van der Waals surface area contributed by atoms with E-state index >= 15 is 0 Å². The van der Waals surface area contributed by atoms with Crippen molar-refractivity contribution in [2.45, 2.75) is 39.7 Å². The maximum absolute atomic E-state index is 12.7. The average Bonchev–Trinajstić information content (AvgIpc) is 2.81. The summed E-state index contributed by atoms with van der Waals surface area (Å²) in [4.78, 5) is 24.5. The van der Waals surface area contributed by atoms with Crippen LogP contribution in [0.25, 0.3) is 11.0 Å². The Morgan fingerprint density at radius 1 is 1.06 bits per heavy atom. The van der Waals surface area contributed by atoms with Gasteiger partial charge in [0.25, 0.3) is 5.88 Å². The molecule has 1 N–H and O–H groups in total. The number of ether oxygens (including phenoxy) is 1. The molecular formula is C25H30N4O2. The van der Waals surface area contributed by atoms with Gasteiger partial charge in [0.05, 0.1) is 17.6 Å². The van der Waals surface area contributed by atoms with Gasteiger partial charge in [0.2, 0.25) is 5.91 Å². The summed E-state index contributed by atoms with van der Waals surface area (Å²) in [5, 5.41) is 3.12. The van der Waals surface area contributed by atoms with E-state index in [2.05, 4.69) is 36.2 Å². The van der Waals surface area contributed by atoms with Crippen molar-refractivity contribution in [2.24, 2.45) is 5.92 Å². The molecule has 0 spiro atoms. The highest BCUT2D eigenvalue weighted by molar-refractivity contribution is 5.80. The number of fused-ring (bicyclic) bond motifs is 1. The SMILES string of the molecule is CCCOc1nc2ccccc2nc1N1CCC(C(=O)NCc2ccccc2C)CC1. The Hall–Kier alpha value is -3.15. The number of aryl methyl sites for hydroxylation is 1. The molecule has 2 aromatic carbocycles. The van der Waals surface area contributed by atoms with Gasteiger partial charge in [-0.25, -0.2) is 9.97 Å². The lowest BCUT2D eigenvalue weighted by Gasteiger charge is -2.32. The van der Waals surface area contributed by atoms with E-state index in [0.29, 0.717) is 19.0 Å². The average molecular weight is 419 g/mol. The molecule has 3 aromatic rings. The number of hydrogen-bond donors (Lipinski definition) is 1. The molecule has 1 aromatic heterocycles. The lowest BCUT2D eigenvalue weighted by atomic mass is 9.95. The third kappa shape index (κ3) is 4.95. The summed E-state index contributed by atoms with van der Waals surface area (Å²) < 4.78 is 5.93. The molecule has 31 heavy (non-hydrogen) atoms. The van der Waals surface area contributed by atoms with Gasteiger partial charge in [-0.3, -0.25) is 4.79 Å². The molecule has 0 atom stereocenters. The number of amides is 1. The summed E-state index contributed by atoms with van der Waals surface area (Å²) in [6.07, 6.45) is 2.50. The van der Waals surface area contributed by atoms with Crippen LogP contribution in [-0.2, 0) is 11.3 Å². The third-order valence-corrected chi connectivity index (χ3v) is 5.84. The molecule has 1 saturated heterocycles. The van der Waals surface area contributed by atoms with Gasteiger partial charge in [-0.1, -0.05) is 43.3 Å². The Kier molecular flexibility index (Phi) is 6.65. The van der Waals surface area contributed by atoms with Crippen molar-refractivity contribution in [1.82, 2.24) is 15.3 Å². The molecule has 1 aliphatic heterocycles. The van der Waals surface area contributed by atoms with Crippen LogP contribution in [0.2, 0.25) is 0 Å². The zero-order valence-electron chi connectivity index (χ0n) is 18.3. The van der Waals surface area contributed by atoms with Crippen LogP contribution in [0, 0.1) is 12.8 Å². The number of anilines is 1. The standard InChI is InChI=1S/C25H30N4O2/c1-3-16-31-25-23(27-21-10-6-7-11-22(21)28-25)29-14-12-19(13-15-29)24(30)26-17-20-9-5-4-8-18(20)2/h4-11,19H,3,12-17H2,1-2H3,(H,26,30). The van der Waals surface area contributed by atoms with Crippen molar-refractivity contribution in [3.8, 4) is 5.88 Å². The normalized spacial score (nSPS) is 14.6. The zero-order chi connectivity index (χ0) is 21.6. The minimum absolute atomic E-state index is 0.0219. The predicted molar refractivity (Wildman–Crippen MR) is 123 cm³/mol. The minimum Gasteiger partial charge on any atom is -0.475 e. The quantitative estimate of drug-likeness (QED) is 0.621. The second-order valence-electron chi connectivity index (χ2n) is 8.10. The number of rotatable bonds is 7. The van der Waals surface area contributed by atoms with Crippen LogP contribution in [0.3, 0.4) is 0 Å². The van der Waals surface area contributed by atoms with E-state index in [1.165, 1.54) is 5.56 Å². The molecule has 0 saturated carbocycles. The summed E-state index contributed by atoms with van der Waals surface area (Å²) in [7, 11) is 0. The Morgan fingerprint density at radius 2 is 1.74 bits per heavy atom. The molecule has 0 radical (unpaired) electrons. The van der Waals surface area contributed by atoms with E-state index in [1.807, 2.05) is 36.4 Å². The molecule has 0 unspecified atom stereocenters. The van der Waals surface area contributed by atoms with Gasteiger partial charge in [0, 0.05) is 25.6 Å². The molecule has 1 amide bonds. The highest BCUT2D eigenvalue weighted by atomic mass is 16.5. The van der Waals surface area contributed by atoms with E-state index in [4.69, 9.17) is 14.7 Å². The largest absolute Gasteiger partial charge is 0.475 e. The molecule has 4 rings (SSSR count). The van der Waals surface area contributed by atoms with Crippen LogP contribution < -0.4 is 15.0 Å². The molecule has 6 nitrogen and oxygen atoms in total. The molecule has 162 valence electrons. The smallest absolute Gasteiger partial charge is 0.258 e. The van der Waals surface area contributed by atoms with E-state index in [1.54, 1.807) is 0 Å². The first-order chi connectivity index (χ1) is 15.2. The minimum atomic E-state index is 0.0219. The van der Waals surface area contributed by atoms with Crippen molar-refractivity contribution in [3.63, 3.8) is 0 Å². The number of carbonyl (C=O) groups excluding carboxylic acids is 1. The van der Waals surface area contributed by atoms with Crippen molar-refractivity contribution >= 4 is 22.8 Å². The van der Waals surface area contributed by atoms with Gasteiger partial charge >= 0.3 is 0 Å². The monoisotopic (exact) mass is 418 g/mol. The number of nitrogens with zero attached hydrogens (tertiary/aromatic N) is 3. The summed E-state index contributed by atoms with van der Waals surface area (Å²) in [5.74, 6) is 1.53. The first-order valence-electron chi connectivity index (χ1n) is 11.1. The highest BCUT2D eigenvalue weighted by Crippen LogP contribution is 2.30. The van der Waals surface area contributed by atoms with Crippen molar-refractivity contribution < 1.29 is 9.53 Å². The number of carbonyl (C=O) groups is 1. The fourth-order valence-electron chi connectivity index (χ4n) is 3.96. The van der Waals surface area contributed by atoms with Gasteiger partial charge in [-0.05, 0) is 49.4 Å². The molecule has 6 heteroatoms. The van der Waals surface area contributed by atoms with E-state index in [-0.39, 0.29) is 11.8 Å². The number of para-hydroxylation sites is 2. The van der Waals surface area contributed by atoms with Gasteiger partial charge in [0.1, 0.15) is 0 Å². The second kappa shape index (κ2) is 9.77. The zero-order valence-corrected chi connectivity index (χ0v) is 18.3. The Morgan fingerprint density at radius 3 is 2.45 bits per heavy atom. The van der Waals surface area contributed by atoms with E-state index in [9.17, 15) is 4.79 Å². The number of piperidine rings is 1. The maximum Gasteiger partial charge on any atom is 0.258 e. The summed E-state index contributed by atoms with van der Waals surface area (Å²) in [5.41, 5.74) is 4.06. The second-order valence-corrected chi connectivity index (χ2v) is 8.10. The number of hydrogen-bond acceptors (Lipinski definition) is 5. The van der Waals surface area contributed by atoms with Gasteiger partial charge in [-0.15, -0.1) is 0 Å². The topological polar surface area (TPSA) is 67.4 Å². The lowest BCUT2D eigenvalue weighted by molar-refractivity contribution is -0.125. The van der Waals surface area contributed by atoms with Gasteiger partial charge in [-0.2, -0.15) is 0 Å². The van der Waals surface area contributed by atoms with Crippen LogP contribution >= 0.6 is 0 Å².